The summed E-state index contributed by atoms with van der Waals surface area (Å²) >= 11 is 6.64. The molecule has 1 aromatic heterocycles. The van der Waals surface area contributed by atoms with E-state index >= 15 is 0 Å². The predicted octanol–water partition coefficient (Wildman–Crippen LogP) is 3.60. The van der Waals surface area contributed by atoms with Crippen LogP contribution in [0.3, 0.4) is 0 Å². The Morgan fingerprint density at radius 2 is 2.11 bits per heavy atom. The van der Waals surface area contributed by atoms with E-state index in [1.165, 1.54) is 23.5 Å². The van der Waals surface area contributed by atoms with Gasteiger partial charge in [0.25, 0.3) is 0 Å². The number of nitrogens with one attached hydrogen (secondary N) is 1. The lowest BCUT2D eigenvalue weighted by Gasteiger charge is -2.02. The van der Waals surface area contributed by atoms with Crippen LogP contribution >= 0.6 is 22.9 Å². The van der Waals surface area contributed by atoms with E-state index in [2.05, 4.69) is 5.32 Å². The molecule has 0 radical (unpaired) electrons. The molecular formula is C13H8ClFN2OS. The molecule has 0 aliphatic rings. The molecule has 0 atom stereocenters. The lowest BCUT2D eigenvalue weighted by molar-refractivity contribution is -0.113. The lowest BCUT2D eigenvalue weighted by Crippen LogP contribution is -2.12. The summed E-state index contributed by atoms with van der Waals surface area (Å²) in [6.07, 6.45) is 0. The van der Waals surface area contributed by atoms with Crippen molar-refractivity contribution in [1.29, 1.82) is 5.26 Å². The minimum Gasteiger partial charge on any atom is -0.316 e. The van der Waals surface area contributed by atoms with Crippen molar-refractivity contribution in [3.8, 4) is 17.2 Å². The van der Waals surface area contributed by atoms with Crippen molar-refractivity contribution < 1.29 is 9.18 Å². The van der Waals surface area contributed by atoms with Gasteiger partial charge in [0.2, 0.25) is 5.91 Å². The van der Waals surface area contributed by atoms with Gasteiger partial charge in [0.05, 0.1) is 5.56 Å². The summed E-state index contributed by atoms with van der Waals surface area (Å²) in [5.41, 5.74) is 1.74. The molecule has 0 fully saturated rings. The van der Waals surface area contributed by atoms with Crippen molar-refractivity contribution in [2.45, 2.75) is 0 Å². The van der Waals surface area contributed by atoms with Gasteiger partial charge in [0.15, 0.2) is 0 Å². The Hall–Kier alpha value is -1.90. The van der Waals surface area contributed by atoms with Gasteiger partial charge in [0.1, 0.15) is 22.8 Å². The molecule has 0 aliphatic carbocycles. The summed E-state index contributed by atoms with van der Waals surface area (Å²) in [4.78, 5) is 11.2. The molecule has 0 bridgehead atoms. The van der Waals surface area contributed by atoms with Crippen LogP contribution in [0.1, 0.15) is 5.56 Å². The number of benzene rings is 1. The van der Waals surface area contributed by atoms with Crippen LogP contribution in [0.25, 0.3) is 11.1 Å². The Bertz CT molecular complexity index is 646. The van der Waals surface area contributed by atoms with Gasteiger partial charge >= 0.3 is 0 Å². The van der Waals surface area contributed by atoms with Crippen molar-refractivity contribution >= 4 is 33.8 Å². The Morgan fingerprint density at radius 3 is 2.68 bits per heavy atom. The van der Waals surface area contributed by atoms with Gasteiger partial charge in [-0.1, -0.05) is 12.1 Å². The Labute approximate surface area is 118 Å². The number of hydrogen-bond acceptors (Lipinski definition) is 3. The molecule has 2 aromatic rings. The van der Waals surface area contributed by atoms with Crippen molar-refractivity contribution in [1.82, 2.24) is 0 Å². The molecule has 2 rings (SSSR count). The van der Waals surface area contributed by atoms with Gasteiger partial charge in [-0.25, -0.2) is 4.39 Å². The standard InChI is InChI=1S/C13H8ClFN2OS/c14-5-12(18)17-13-10(6-16)11(7-19-13)8-1-3-9(15)4-2-8/h1-4,7H,5H2,(H,17,18). The molecule has 0 saturated heterocycles. The van der Waals surface area contributed by atoms with E-state index in [-0.39, 0.29) is 17.6 Å². The average Bonchev–Trinajstić information content (AvgIpc) is 2.82. The third-order valence-corrected chi connectivity index (χ3v) is 3.57. The van der Waals surface area contributed by atoms with E-state index in [0.717, 1.165) is 5.56 Å². The highest BCUT2D eigenvalue weighted by atomic mass is 35.5. The monoisotopic (exact) mass is 294 g/mol. The molecule has 0 spiro atoms. The molecule has 96 valence electrons. The first kappa shape index (κ1) is 13.5. The van der Waals surface area contributed by atoms with Crippen LogP contribution in [0.15, 0.2) is 29.6 Å². The third kappa shape index (κ3) is 2.92. The van der Waals surface area contributed by atoms with Crippen LogP contribution in [0, 0.1) is 17.1 Å². The molecule has 0 saturated carbocycles. The molecule has 1 amide bonds. The summed E-state index contributed by atoms with van der Waals surface area (Å²) in [6, 6.07) is 7.87. The maximum atomic E-state index is 12.9. The quantitative estimate of drug-likeness (QED) is 0.879. The van der Waals surface area contributed by atoms with Gasteiger partial charge in [0, 0.05) is 10.9 Å². The molecule has 19 heavy (non-hydrogen) atoms. The van der Waals surface area contributed by atoms with Gasteiger partial charge in [-0.15, -0.1) is 22.9 Å². The van der Waals surface area contributed by atoms with Crippen LogP contribution in [0.2, 0.25) is 0 Å². The number of carbonyl (C=O) groups is 1. The maximum absolute atomic E-state index is 12.9. The summed E-state index contributed by atoms with van der Waals surface area (Å²) in [5, 5.41) is 13.9. The highest BCUT2D eigenvalue weighted by molar-refractivity contribution is 7.15. The molecule has 1 heterocycles. The summed E-state index contributed by atoms with van der Waals surface area (Å²) < 4.78 is 12.9. The topological polar surface area (TPSA) is 52.9 Å². The van der Waals surface area contributed by atoms with Crippen molar-refractivity contribution in [2.75, 3.05) is 11.2 Å². The minimum absolute atomic E-state index is 0.172. The molecule has 1 N–H and O–H groups in total. The first-order valence-electron chi connectivity index (χ1n) is 5.29. The fourth-order valence-electron chi connectivity index (χ4n) is 1.56. The van der Waals surface area contributed by atoms with Crippen molar-refractivity contribution in [2.24, 2.45) is 0 Å². The zero-order valence-corrected chi connectivity index (χ0v) is 11.2. The fraction of sp³-hybridized carbons (Fsp3) is 0.0769. The number of carbonyl (C=O) groups excluding carboxylic acids is 1. The van der Waals surface area contributed by atoms with E-state index in [1.54, 1.807) is 17.5 Å². The van der Waals surface area contributed by atoms with E-state index in [9.17, 15) is 14.4 Å². The van der Waals surface area contributed by atoms with Gasteiger partial charge in [-0.2, -0.15) is 5.26 Å². The van der Waals surface area contributed by atoms with Crippen LogP contribution < -0.4 is 5.32 Å². The highest BCUT2D eigenvalue weighted by Crippen LogP contribution is 2.34. The number of halogens is 2. The summed E-state index contributed by atoms with van der Waals surface area (Å²) in [7, 11) is 0. The molecular weight excluding hydrogens is 287 g/mol. The lowest BCUT2D eigenvalue weighted by atomic mass is 10.0. The zero-order valence-electron chi connectivity index (χ0n) is 9.61. The first-order chi connectivity index (χ1) is 9.15. The number of nitrogens with zero attached hydrogens (tertiary/aromatic N) is 1. The number of rotatable bonds is 3. The molecule has 0 aliphatic heterocycles. The molecule has 6 heteroatoms. The second-order valence-corrected chi connectivity index (χ2v) is 4.80. The number of hydrogen-bond donors (Lipinski definition) is 1. The number of anilines is 1. The van der Waals surface area contributed by atoms with Crippen LogP contribution in [0.4, 0.5) is 9.39 Å². The Kier molecular flexibility index (Phi) is 4.15. The molecule has 3 nitrogen and oxygen atoms in total. The zero-order chi connectivity index (χ0) is 13.8. The average molecular weight is 295 g/mol. The second-order valence-electron chi connectivity index (χ2n) is 3.65. The number of nitriles is 1. The fourth-order valence-corrected chi connectivity index (χ4v) is 2.57. The van der Waals surface area contributed by atoms with Crippen molar-refractivity contribution in [3.63, 3.8) is 0 Å². The molecule has 1 aromatic carbocycles. The van der Waals surface area contributed by atoms with E-state index in [1.807, 2.05) is 6.07 Å². The normalized spacial score (nSPS) is 9.95. The number of amides is 1. The van der Waals surface area contributed by atoms with Gasteiger partial charge in [-0.05, 0) is 17.7 Å². The minimum atomic E-state index is -0.370. The Morgan fingerprint density at radius 1 is 1.42 bits per heavy atom. The van der Waals surface area contributed by atoms with E-state index < -0.39 is 0 Å². The van der Waals surface area contributed by atoms with Crippen molar-refractivity contribution in [3.05, 3.63) is 41.0 Å². The first-order valence-corrected chi connectivity index (χ1v) is 6.70. The maximum Gasteiger partial charge on any atom is 0.239 e. The van der Waals surface area contributed by atoms with E-state index in [0.29, 0.717) is 16.1 Å². The SMILES string of the molecule is N#Cc1c(-c2ccc(F)cc2)csc1NC(=O)CCl. The Balaban J connectivity index is 2.40. The number of alkyl halides is 1. The predicted molar refractivity (Wildman–Crippen MR) is 73.8 cm³/mol. The largest absolute Gasteiger partial charge is 0.316 e. The van der Waals surface area contributed by atoms with Gasteiger partial charge < -0.3 is 5.32 Å². The smallest absolute Gasteiger partial charge is 0.239 e. The molecule has 0 unspecified atom stereocenters. The summed E-state index contributed by atoms with van der Waals surface area (Å²) in [6.45, 7) is 0. The van der Waals surface area contributed by atoms with Gasteiger partial charge in [-0.3, -0.25) is 4.79 Å². The number of thiophene rings is 1. The van der Waals surface area contributed by atoms with Crippen LogP contribution in [-0.4, -0.2) is 11.8 Å². The van der Waals surface area contributed by atoms with E-state index in [4.69, 9.17) is 11.6 Å². The van der Waals surface area contributed by atoms with Crippen LogP contribution in [0.5, 0.6) is 0 Å². The summed E-state index contributed by atoms with van der Waals surface area (Å²) in [5.74, 6) is -0.881. The second kappa shape index (κ2) is 5.83. The van der Waals surface area contributed by atoms with Crippen LogP contribution in [-0.2, 0) is 4.79 Å². The third-order valence-electron chi connectivity index (χ3n) is 2.43. The highest BCUT2D eigenvalue weighted by Gasteiger charge is 2.14.